The van der Waals surface area contributed by atoms with Crippen molar-refractivity contribution in [1.29, 1.82) is 0 Å². The molecule has 0 spiro atoms. The van der Waals surface area contributed by atoms with Crippen LogP contribution in [-0.2, 0) is 9.59 Å². The van der Waals surface area contributed by atoms with Crippen molar-refractivity contribution in [3.8, 4) is 0 Å². The number of hydrogen-bond acceptors (Lipinski definition) is 2. The first-order valence-electron chi connectivity index (χ1n) is 3.67. The topological polar surface area (TPSA) is 54.4 Å². The highest BCUT2D eigenvalue weighted by Crippen LogP contribution is 2.58. The molecule has 0 amide bonds. The van der Waals surface area contributed by atoms with E-state index in [9.17, 15) is 9.59 Å². The van der Waals surface area contributed by atoms with Crippen molar-refractivity contribution in [3.63, 3.8) is 0 Å². The standard InChI is InChI=1S/C8H12O3/c1-8(2)5(3-7(10)11)6(8)4-9/h4-6H,3H2,1-2H3,(H,10,11). The SMILES string of the molecule is CC1(C)C(C=O)C1CC(=O)O. The molecule has 1 saturated carbocycles. The lowest BCUT2D eigenvalue weighted by atomic mass is 10.1. The number of carbonyl (C=O) groups is 2. The van der Waals surface area contributed by atoms with Crippen molar-refractivity contribution >= 4 is 12.3 Å². The number of aldehydes is 1. The molecule has 0 saturated heterocycles. The summed E-state index contributed by atoms with van der Waals surface area (Å²) in [6.45, 7) is 3.86. The lowest BCUT2D eigenvalue weighted by Gasteiger charge is -1.97. The van der Waals surface area contributed by atoms with Gasteiger partial charge in [-0.3, -0.25) is 4.79 Å². The zero-order chi connectivity index (χ0) is 8.65. The zero-order valence-corrected chi connectivity index (χ0v) is 6.70. The predicted molar refractivity (Wildman–Crippen MR) is 39.1 cm³/mol. The number of rotatable bonds is 3. The second kappa shape index (κ2) is 2.32. The third-order valence-electron chi connectivity index (χ3n) is 2.68. The van der Waals surface area contributed by atoms with E-state index in [-0.39, 0.29) is 23.7 Å². The Bertz CT molecular complexity index is 196. The molecule has 1 N–H and O–H groups in total. The van der Waals surface area contributed by atoms with E-state index >= 15 is 0 Å². The lowest BCUT2D eigenvalue weighted by Crippen LogP contribution is -1.99. The van der Waals surface area contributed by atoms with Crippen LogP contribution in [0.25, 0.3) is 0 Å². The molecule has 11 heavy (non-hydrogen) atoms. The van der Waals surface area contributed by atoms with E-state index in [2.05, 4.69) is 0 Å². The molecule has 0 bridgehead atoms. The summed E-state index contributed by atoms with van der Waals surface area (Å²) in [7, 11) is 0. The van der Waals surface area contributed by atoms with E-state index in [0.717, 1.165) is 6.29 Å². The normalized spacial score (nSPS) is 32.9. The van der Waals surface area contributed by atoms with E-state index in [4.69, 9.17) is 5.11 Å². The maximum absolute atomic E-state index is 10.4. The molecule has 1 rings (SSSR count). The van der Waals surface area contributed by atoms with Crippen molar-refractivity contribution < 1.29 is 14.7 Å². The van der Waals surface area contributed by atoms with E-state index in [0.29, 0.717) is 0 Å². The Morgan fingerprint density at radius 2 is 2.18 bits per heavy atom. The highest BCUT2D eigenvalue weighted by Gasteiger charge is 2.58. The number of aliphatic carboxylic acids is 1. The van der Waals surface area contributed by atoms with Gasteiger partial charge < -0.3 is 9.90 Å². The van der Waals surface area contributed by atoms with Gasteiger partial charge in [-0.25, -0.2) is 0 Å². The Hall–Kier alpha value is -0.860. The minimum Gasteiger partial charge on any atom is -0.481 e. The summed E-state index contributed by atoms with van der Waals surface area (Å²) in [5.41, 5.74) is -0.0832. The first-order valence-corrected chi connectivity index (χ1v) is 3.67. The number of carboxylic acid groups (broad SMARTS) is 1. The Labute approximate surface area is 65.4 Å². The second-order valence-electron chi connectivity index (χ2n) is 3.69. The van der Waals surface area contributed by atoms with Crippen LogP contribution in [-0.4, -0.2) is 17.4 Å². The van der Waals surface area contributed by atoms with Gasteiger partial charge in [0.15, 0.2) is 0 Å². The summed E-state index contributed by atoms with van der Waals surface area (Å²) >= 11 is 0. The van der Waals surface area contributed by atoms with Crippen molar-refractivity contribution in [1.82, 2.24) is 0 Å². The molecule has 0 aliphatic heterocycles. The molecule has 1 aliphatic carbocycles. The molecule has 0 aromatic carbocycles. The Morgan fingerprint density at radius 3 is 2.45 bits per heavy atom. The van der Waals surface area contributed by atoms with Gasteiger partial charge in [-0.2, -0.15) is 0 Å². The molecule has 3 nitrogen and oxygen atoms in total. The van der Waals surface area contributed by atoms with Gasteiger partial charge in [-0.15, -0.1) is 0 Å². The van der Waals surface area contributed by atoms with Crippen LogP contribution < -0.4 is 0 Å². The van der Waals surface area contributed by atoms with Gasteiger partial charge >= 0.3 is 5.97 Å². The van der Waals surface area contributed by atoms with Gasteiger partial charge in [0.2, 0.25) is 0 Å². The molecule has 0 aromatic heterocycles. The average Bonchev–Trinajstić information content (AvgIpc) is 2.33. The van der Waals surface area contributed by atoms with Crippen LogP contribution in [0.15, 0.2) is 0 Å². The minimum absolute atomic E-state index is 0.0430. The number of carboxylic acids is 1. The van der Waals surface area contributed by atoms with Crippen molar-refractivity contribution in [2.45, 2.75) is 20.3 Å². The van der Waals surface area contributed by atoms with Gasteiger partial charge in [0, 0.05) is 12.3 Å². The molecular formula is C8H12O3. The van der Waals surface area contributed by atoms with Crippen LogP contribution in [0.1, 0.15) is 20.3 Å². The highest BCUT2D eigenvalue weighted by molar-refractivity contribution is 5.71. The summed E-state index contributed by atoms with van der Waals surface area (Å²) in [5, 5.41) is 8.45. The smallest absolute Gasteiger partial charge is 0.303 e. The molecular weight excluding hydrogens is 144 g/mol. The first kappa shape index (κ1) is 8.24. The fraction of sp³-hybridized carbons (Fsp3) is 0.750. The monoisotopic (exact) mass is 156 g/mol. The van der Waals surface area contributed by atoms with E-state index < -0.39 is 5.97 Å². The maximum atomic E-state index is 10.4. The van der Waals surface area contributed by atoms with Crippen molar-refractivity contribution in [2.75, 3.05) is 0 Å². The molecule has 1 fully saturated rings. The van der Waals surface area contributed by atoms with Gasteiger partial charge in [0.05, 0.1) is 0 Å². The Morgan fingerprint density at radius 1 is 1.64 bits per heavy atom. The molecule has 62 valence electrons. The third kappa shape index (κ3) is 1.27. The summed E-state index contributed by atoms with van der Waals surface area (Å²) in [6, 6.07) is 0. The highest BCUT2D eigenvalue weighted by atomic mass is 16.4. The maximum Gasteiger partial charge on any atom is 0.303 e. The minimum atomic E-state index is -0.813. The van der Waals surface area contributed by atoms with Crippen LogP contribution in [0.5, 0.6) is 0 Å². The van der Waals surface area contributed by atoms with E-state index in [1.54, 1.807) is 0 Å². The summed E-state index contributed by atoms with van der Waals surface area (Å²) in [5.74, 6) is -0.802. The number of carbonyl (C=O) groups excluding carboxylic acids is 1. The van der Waals surface area contributed by atoms with Crippen LogP contribution >= 0.6 is 0 Å². The summed E-state index contributed by atoms with van der Waals surface area (Å²) < 4.78 is 0. The van der Waals surface area contributed by atoms with Crippen molar-refractivity contribution in [2.24, 2.45) is 17.3 Å². The fourth-order valence-electron chi connectivity index (χ4n) is 1.63. The molecule has 2 atom stereocenters. The molecule has 0 aromatic rings. The van der Waals surface area contributed by atoms with Gasteiger partial charge in [0.1, 0.15) is 6.29 Å². The Balaban J connectivity index is 2.52. The quantitative estimate of drug-likeness (QED) is 0.618. The summed E-state index contributed by atoms with van der Waals surface area (Å²) in [6.07, 6.45) is 0.990. The third-order valence-corrected chi connectivity index (χ3v) is 2.68. The largest absolute Gasteiger partial charge is 0.481 e. The fourth-order valence-corrected chi connectivity index (χ4v) is 1.63. The van der Waals surface area contributed by atoms with Crippen LogP contribution in [0.4, 0.5) is 0 Å². The van der Waals surface area contributed by atoms with E-state index in [1.807, 2.05) is 13.8 Å². The molecule has 1 aliphatic rings. The Kier molecular flexibility index (Phi) is 1.74. The number of hydrogen-bond donors (Lipinski definition) is 1. The lowest BCUT2D eigenvalue weighted by molar-refractivity contribution is -0.137. The first-order chi connectivity index (χ1) is 5.00. The molecule has 0 radical (unpaired) electrons. The van der Waals surface area contributed by atoms with Crippen LogP contribution in [0.3, 0.4) is 0 Å². The van der Waals surface area contributed by atoms with Crippen LogP contribution in [0, 0.1) is 17.3 Å². The molecule has 0 heterocycles. The van der Waals surface area contributed by atoms with Crippen LogP contribution in [0.2, 0.25) is 0 Å². The van der Waals surface area contributed by atoms with Crippen molar-refractivity contribution in [3.05, 3.63) is 0 Å². The predicted octanol–water partition coefficient (Wildman–Crippen LogP) is 0.932. The van der Waals surface area contributed by atoms with E-state index in [1.165, 1.54) is 0 Å². The second-order valence-corrected chi connectivity index (χ2v) is 3.69. The molecule has 2 unspecified atom stereocenters. The van der Waals surface area contributed by atoms with Gasteiger partial charge in [-0.05, 0) is 11.3 Å². The van der Waals surface area contributed by atoms with Gasteiger partial charge in [-0.1, -0.05) is 13.8 Å². The molecule has 3 heteroatoms. The summed E-state index contributed by atoms with van der Waals surface area (Å²) in [4.78, 5) is 20.7. The average molecular weight is 156 g/mol. The zero-order valence-electron chi connectivity index (χ0n) is 6.70. The van der Waals surface area contributed by atoms with Gasteiger partial charge in [0.25, 0.3) is 0 Å².